The third-order valence-electron chi connectivity index (χ3n) is 3.41. The van der Waals surface area contributed by atoms with Crippen molar-refractivity contribution in [1.29, 1.82) is 5.26 Å². The maximum Gasteiger partial charge on any atom is 0.387 e. The number of hydrogen-bond acceptors (Lipinski definition) is 6. The first-order valence-corrected chi connectivity index (χ1v) is 7.10. The van der Waals surface area contributed by atoms with Crippen LogP contribution in [0.4, 0.5) is 8.78 Å². The summed E-state index contributed by atoms with van der Waals surface area (Å²) >= 11 is 0. The van der Waals surface area contributed by atoms with Gasteiger partial charge in [-0.05, 0) is 25.2 Å². The first-order valence-electron chi connectivity index (χ1n) is 7.10. The van der Waals surface area contributed by atoms with E-state index in [4.69, 9.17) is 19.2 Å². The van der Waals surface area contributed by atoms with Gasteiger partial charge in [0.15, 0.2) is 11.5 Å². The van der Waals surface area contributed by atoms with Crippen molar-refractivity contribution in [3.63, 3.8) is 0 Å². The number of rotatable bonds is 6. The van der Waals surface area contributed by atoms with Crippen LogP contribution in [0.3, 0.4) is 0 Å². The maximum absolute atomic E-state index is 12.6. The zero-order valence-corrected chi connectivity index (χ0v) is 12.8. The average molecular weight is 336 g/mol. The van der Waals surface area contributed by atoms with Gasteiger partial charge in [0.1, 0.15) is 17.6 Å². The van der Waals surface area contributed by atoms with Crippen molar-refractivity contribution in [3.8, 4) is 23.3 Å². The highest BCUT2D eigenvalue weighted by molar-refractivity contribution is 5.51. The van der Waals surface area contributed by atoms with Gasteiger partial charge in [-0.1, -0.05) is 0 Å². The van der Waals surface area contributed by atoms with Crippen LogP contribution in [-0.2, 0) is 13.1 Å². The van der Waals surface area contributed by atoms with Gasteiger partial charge in [0.05, 0.1) is 6.54 Å². The van der Waals surface area contributed by atoms with Crippen molar-refractivity contribution in [2.75, 3.05) is 13.8 Å². The van der Waals surface area contributed by atoms with E-state index in [1.54, 1.807) is 25.2 Å². The molecule has 2 heterocycles. The Morgan fingerprint density at radius 2 is 2.00 bits per heavy atom. The number of ether oxygens (including phenoxy) is 3. The minimum atomic E-state index is -2.93. The average Bonchev–Trinajstić information content (AvgIpc) is 3.15. The number of nitriles is 1. The van der Waals surface area contributed by atoms with Gasteiger partial charge < -0.3 is 18.6 Å². The number of furan rings is 1. The van der Waals surface area contributed by atoms with Gasteiger partial charge in [-0.15, -0.1) is 0 Å². The Morgan fingerprint density at radius 1 is 1.25 bits per heavy atom. The van der Waals surface area contributed by atoms with Crippen molar-refractivity contribution >= 4 is 0 Å². The molecule has 0 N–H and O–H groups in total. The predicted octanol–water partition coefficient (Wildman–Crippen LogP) is 3.11. The smallest absolute Gasteiger partial charge is 0.387 e. The molecule has 8 heteroatoms. The van der Waals surface area contributed by atoms with Crippen LogP contribution >= 0.6 is 0 Å². The molecule has 1 aliphatic heterocycles. The summed E-state index contributed by atoms with van der Waals surface area (Å²) < 4.78 is 45.6. The Labute approximate surface area is 136 Å². The summed E-state index contributed by atoms with van der Waals surface area (Å²) in [6, 6.07) is 8.21. The van der Waals surface area contributed by atoms with Gasteiger partial charge in [0.2, 0.25) is 12.6 Å². The molecule has 1 aromatic carbocycles. The molecule has 24 heavy (non-hydrogen) atoms. The lowest BCUT2D eigenvalue weighted by molar-refractivity contribution is -0.0508. The van der Waals surface area contributed by atoms with Gasteiger partial charge in [0.25, 0.3) is 0 Å². The first kappa shape index (κ1) is 16.1. The molecule has 0 radical (unpaired) electrons. The van der Waals surface area contributed by atoms with Crippen LogP contribution in [0.1, 0.15) is 17.1 Å². The summed E-state index contributed by atoms with van der Waals surface area (Å²) in [6.45, 7) is -2.16. The third-order valence-corrected chi connectivity index (χ3v) is 3.41. The summed E-state index contributed by atoms with van der Waals surface area (Å²) in [5.74, 6) is 1.74. The van der Waals surface area contributed by atoms with Crippen LogP contribution in [0.25, 0.3) is 0 Å². The van der Waals surface area contributed by atoms with Crippen LogP contribution < -0.4 is 14.2 Å². The molecule has 2 aromatic rings. The normalized spacial score (nSPS) is 12.7. The van der Waals surface area contributed by atoms with E-state index in [2.05, 4.69) is 4.74 Å². The molecule has 0 fully saturated rings. The standard InChI is InChI=1S/C16H14F2N2O4/c1-20(8-12-3-2-11(6-19)23-12)7-10-4-14-15(22-9-21-14)5-13(10)24-16(17)18/h2-5,16H,7-9H2,1H3. The molecule has 1 aromatic heterocycles. The van der Waals surface area contributed by atoms with E-state index >= 15 is 0 Å². The molecule has 1 aliphatic rings. The van der Waals surface area contributed by atoms with Crippen LogP contribution in [0, 0.1) is 11.3 Å². The van der Waals surface area contributed by atoms with E-state index in [9.17, 15) is 8.78 Å². The zero-order chi connectivity index (χ0) is 17.1. The largest absolute Gasteiger partial charge is 0.454 e. The van der Waals surface area contributed by atoms with Crippen molar-refractivity contribution in [3.05, 3.63) is 41.3 Å². The highest BCUT2D eigenvalue weighted by Crippen LogP contribution is 2.39. The predicted molar refractivity (Wildman–Crippen MR) is 77.8 cm³/mol. The second kappa shape index (κ2) is 6.76. The molecule has 0 aliphatic carbocycles. The van der Waals surface area contributed by atoms with Crippen molar-refractivity contribution in [1.82, 2.24) is 4.90 Å². The van der Waals surface area contributed by atoms with E-state index in [1.165, 1.54) is 6.07 Å². The van der Waals surface area contributed by atoms with Crippen molar-refractivity contribution < 1.29 is 27.4 Å². The molecule has 0 atom stereocenters. The summed E-state index contributed by atoms with van der Waals surface area (Å²) in [4.78, 5) is 1.84. The molecule has 0 saturated heterocycles. The van der Waals surface area contributed by atoms with Crippen LogP contribution in [0.15, 0.2) is 28.7 Å². The van der Waals surface area contributed by atoms with Gasteiger partial charge in [-0.3, -0.25) is 4.90 Å². The van der Waals surface area contributed by atoms with Crippen molar-refractivity contribution in [2.45, 2.75) is 19.7 Å². The number of fused-ring (bicyclic) bond motifs is 1. The molecular weight excluding hydrogens is 322 g/mol. The second-order valence-corrected chi connectivity index (χ2v) is 5.24. The summed E-state index contributed by atoms with van der Waals surface area (Å²) in [7, 11) is 1.80. The van der Waals surface area contributed by atoms with E-state index < -0.39 is 6.61 Å². The summed E-state index contributed by atoms with van der Waals surface area (Å²) in [5, 5.41) is 8.76. The number of benzene rings is 1. The maximum atomic E-state index is 12.6. The lowest BCUT2D eigenvalue weighted by Crippen LogP contribution is -2.18. The number of nitrogens with zero attached hydrogens (tertiary/aromatic N) is 2. The Kier molecular flexibility index (Phi) is 4.53. The zero-order valence-electron chi connectivity index (χ0n) is 12.8. The van der Waals surface area contributed by atoms with E-state index in [1.807, 2.05) is 11.0 Å². The van der Waals surface area contributed by atoms with Crippen molar-refractivity contribution in [2.24, 2.45) is 0 Å². The SMILES string of the molecule is CN(Cc1ccc(C#N)o1)Cc1cc2c(cc1OC(F)F)OCO2. The van der Waals surface area contributed by atoms with Gasteiger partial charge in [0, 0.05) is 18.2 Å². The number of hydrogen-bond donors (Lipinski definition) is 0. The molecule has 0 bridgehead atoms. The lowest BCUT2D eigenvalue weighted by atomic mass is 10.1. The van der Waals surface area contributed by atoms with Gasteiger partial charge in [-0.2, -0.15) is 14.0 Å². The second-order valence-electron chi connectivity index (χ2n) is 5.24. The Hall–Kier alpha value is -2.79. The number of alkyl halides is 2. The first-order chi connectivity index (χ1) is 11.5. The van der Waals surface area contributed by atoms with Crippen LogP contribution in [-0.4, -0.2) is 25.4 Å². The highest BCUT2D eigenvalue weighted by Gasteiger charge is 2.21. The third kappa shape index (κ3) is 3.58. The number of halogens is 2. The summed E-state index contributed by atoms with van der Waals surface area (Å²) in [6.07, 6.45) is 0. The molecule has 0 unspecified atom stereocenters. The molecular formula is C16H14F2N2O4. The van der Waals surface area contributed by atoms with Crippen LogP contribution in [0.5, 0.6) is 17.2 Å². The quantitative estimate of drug-likeness (QED) is 0.807. The molecule has 0 amide bonds. The molecule has 0 spiro atoms. The summed E-state index contributed by atoms with van der Waals surface area (Å²) in [5.41, 5.74) is 0.536. The highest BCUT2D eigenvalue weighted by atomic mass is 19.3. The topological polar surface area (TPSA) is 67.9 Å². The van der Waals surface area contributed by atoms with E-state index in [0.717, 1.165) is 0 Å². The van der Waals surface area contributed by atoms with E-state index in [-0.39, 0.29) is 18.3 Å². The fraction of sp³-hybridized carbons (Fsp3) is 0.312. The van der Waals surface area contributed by atoms with Gasteiger partial charge in [-0.25, -0.2) is 0 Å². The van der Waals surface area contributed by atoms with Crippen LogP contribution in [0.2, 0.25) is 0 Å². The minimum absolute atomic E-state index is 0.0401. The molecule has 126 valence electrons. The fourth-order valence-electron chi connectivity index (χ4n) is 2.43. The fourth-order valence-corrected chi connectivity index (χ4v) is 2.43. The molecule has 3 rings (SSSR count). The Balaban J connectivity index is 1.76. The monoisotopic (exact) mass is 336 g/mol. The van der Waals surface area contributed by atoms with E-state index in [0.29, 0.717) is 35.9 Å². The Morgan fingerprint density at radius 3 is 2.67 bits per heavy atom. The minimum Gasteiger partial charge on any atom is -0.454 e. The molecule has 0 saturated carbocycles. The lowest BCUT2D eigenvalue weighted by Gasteiger charge is -2.18. The van der Waals surface area contributed by atoms with Gasteiger partial charge >= 0.3 is 6.61 Å². The Bertz CT molecular complexity index is 770. The molecule has 6 nitrogen and oxygen atoms in total.